The highest BCUT2D eigenvalue weighted by Gasteiger charge is 2.44. The van der Waals surface area contributed by atoms with Crippen molar-refractivity contribution in [3.8, 4) is 0 Å². The lowest BCUT2D eigenvalue weighted by atomic mass is 10.00. The number of rotatable bonds is 1. The summed E-state index contributed by atoms with van der Waals surface area (Å²) in [6.07, 6.45) is 1.62. The van der Waals surface area contributed by atoms with Gasteiger partial charge in [0, 0.05) is 26.1 Å². The van der Waals surface area contributed by atoms with Gasteiger partial charge in [0.05, 0.1) is 17.5 Å². The van der Waals surface area contributed by atoms with Crippen LogP contribution in [-0.2, 0) is 7.05 Å². The minimum Gasteiger partial charge on any atom is -0.395 e. The van der Waals surface area contributed by atoms with Crippen molar-refractivity contribution in [1.29, 1.82) is 0 Å². The van der Waals surface area contributed by atoms with E-state index in [2.05, 4.69) is 5.10 Å². The number of aliphatic hydroxyl groups excluding tert-OH is 1. The van der Waals surface area contributed by atoms with Crippen LogP contribution in [0.15, 0.2) is 0 Å². The van der Waals surface area contributed by atoms with Gasteiger partial charge >= 0.3 is 0 Å². The Morgan fingerprint density at radius 2 is 2.16 bits per heavy atom. The van der Waals surface area contributed by atoms with Crippen molar-refractivity contribution < 1.29 is 9.90 Å². The maximum atomic E-state index is 12.5. The van der Waals surface area contributed by atoms with Gasteiger partial charge in [0.1, 0.15) is 5.69 Å². The number of fused-ring (bicyclic) bond motifs is 1. The number of nitrogens with two attached hydrogens (primary N) is 1. The number of nitrogens with zero attached hydrogens (tertiary/aromatic N) is 3. The van der Waals surface area contributed by atoms with Gasteiger partial charge in [-0.25, -0.2) is 0 Å². The quantitative estimate of drug-likeness (QED) is 0.756. The molecular weight excluding hydrogens is 244 g/mol. The van der Waals surface area contributed by atoms with Crippen LogP contribution in [0.1, 0.15) is 29.0 Å². The molecule has 0 radical (unpaired) electrons. The van der Waals surface area contributed by atoms with E-state index in [9.17, 15) is 9.90 Å². The van der Waals surface area contributed by atoms with Gasteiger partial charge < -0.3 is 15.7 Å². The summed E-state index contributed by atoms with van der Waals surface area (Å²) in [5.41, 5.74) is 7.55. The maximum Gasteiger partial charge on any atom is 0.274 e. The fraction of sp³-hybridized carbons (Fsp3) is 0.692. The number of aryl methyl sites for hydroxylation is 2. The van der Waals surface area contributed by atoms with Gasteiger partial charge in [-0.1, -0.05) is 0 Å². The van der Waals surface area contributed by atoms with E-state index >= 15 is 0 Å². The van der Waals surface area contributed by atoms with Gasteiger partial charge in [0.15, 0.2) is 0 Å². The molecule has 104 valence electrons. The SMILES string of the molecule is Cc1nn(C)c(C(=O)N2CC3CCC(O)C3C2)c1N. The van der Waals surface area contributed by atoms with E-state index in [0.29, 0.717) is 29.5 Å². The summed E-state index contributed by atoms with van der Waals surface area (Å²) in [5.74, 6) is 0.608. The number of amides is 1. The van der Waals surface area contributed by atoms with Crippen molar-refractivity contribution in [2.45, 2.75) is 25.9 Å². The number of likely N-dealkylation sites (tertiary alicyclic amines) is 1. The van der Waals surface area contributed by atoms with Crippen LogP contribution < -0.4 is 5.73 Å². The Morgan fingerprint density at radius 1 is 1.42 bits per heavy atom. The summed E-state index contributed by atoms with van der Waals surface area (Å²) >= 11 is 0. The van der Waals surface area contributed by atoms with Crippen LogP contribution in [0.2, 0.25) is 0 Å². The number of carbonyl (C=O) groups excluding carboxylic acids is 1. The molecule has 3 atom stereocenters. The number of aliphatic hydroxyl groups is 1. The van der Waals surface area contributed by atoms with Crippen LogP contribution >= 0.6 is 0 Å². The molecule has 3 unspecified atom stereocenters. The predicted molar refractivity (Wildman–Crippen MR) is 70.5 cm³/mol. The molecule has 2 heterocycles. The molecule has 1 aromatic heterocycles. The van der Waals surface area contributed by atoms with E-state index in [1.165, 1.54) is 0 Å². The third kappa shape index (κ3) is 1.82. The highest BCUT2D eigenvalue weighted by molar-refractivity contribution is 5.98. The predicted octanol–water partition coefficient (Wildman–Crippen LogP) is 0.154. The molecular formula is C13H20N4O2. The summed E-state index contributed by atoms with van der Waals surface area (Å²) < 4.78 is 1.55. The normalized spacial score (nSPS) is 29.8. The molecule has 1 aromatic rings. The van der Waals surface area contributed by atoms with E-state index in [0.717, 1.165) is 19.4 Å². The number of hydrogen-bond donors (Lipinski definition) is 2. The van der Waals surface area contributed by atoms with E-state index in [1.807, 2.05) is 4.90 Å². The van der Waals surface area contributed by atoms with Crippen LogP contribution in [-0.4, -0.2) is 44.9 Å². The molecule has 6 nitrogen and oxygen atoms in total. The zero-order valence-corrected chi connectivity index (χ0v) is 11.3. The monoisotopic (exact) mass is 264 g/mol. The molecule has 2 fully saturated rings. The lowest BCUT2D eigenvalue weighted by molar-refractivity contribution is 0.0743. The van der Waals surface area contributed by atoms with Gasteiger partial charge in [0.2, 0.25) is 0 Å². The zero-order chi connectivity index (χ0) is 13.7. The van der Waals surface area contributed by atoms with Crippen molar-refractivity contribution in [3.05, 3.63) is 11.4 Å². The number of carbonyl (C=O) groups is 1. The molecule has 6 heteroatoms. The Bertz CT molecular complexity index is 525. The van der Waals surface area contributed by atoms with Gasteiger partial charge in [-0.3, -0.25) is 9.48 Å². The van der Waals surface area contributed by atoms with E-state index < -0.39 is 0 Å². The molecule has 1 saturated heterocycles. The summed E-state index contributed by atoms with van der Waals surface area (Å²) in [7, 11) is 1.74. The Morgan fingerprint density at radius 3 is 2.74 bits per heavy atom. The Hall–Kier alpha value is -1.56. The van der Waals surface area contributed by atoms with Crippen molar-refractivity contribution in [2.75, 3.05) is 18.8 Å². The van der Waals surface area contributed by atoms with Crippen LogP contribution in [0.4, 0.5) is 5.69 Å². The lowest BCUT2D eigenvalue weighted by Crippen LogP contribution is -2.32. The van der Waals surface area contributed by atoms with Gasteiger partial charge in [0.25, 0.3) is 5.91 Å². The number of anilines is 1. The van der Waals surface area contributed by atoms with E-state index in [-0.39, 0.29) is 17.9 Å². The molecule has 1 saturated carbocycles. The van der Waals surface area contributed by atoms with Gasteiger partial charge in [-0.05, 0) is 25.7 Å². The molecule has 19 heavy (non-hydrogen) atoms. The molecule has 1 aliphatic carbocycles. The van der Waals surface area contributed by atoms with Crippen LogP contribution in [0.5, 0.6) is 0 Å². The highest BCUT2D eigenvalue weighted by atomic mass is 16.3. The molecule has 0 spiro atoms. The van der Waals surface area contributed by atoms with Gasteiger partial charge in [-0.2, -0.15) is 5.10 Å². The first-order valence-corrected chi connectivity index (χ1v) is 6.75. The topological polar surface area (TPSA) is 84.4 Å². The van der Waals surface area contributed by atoms with Crippen LogP contribution in [0.3, 0.4) is 0 Å². The van der Waals surface area contributed by atoms with E-state index in [1.54, 1.807) is 18.7 Å². The third-order valence-corrected chi connectivity index (χ3v) is 4.58. The fourth-order valence-corrected chi connectivity index (χ4v) is 3.48. The summed E-state index contributed by atoms with van der Waals surface area (Å²) in [5, 5.41) is 14.1. The summed E-state index contributed by atoms with van der Waals surface area (Å²) in [4.78, 5) is 14.4. The van der Waals surface area contributed by atoms with E-state index in [4.69, 9.17) is 5.73 Å². The minimum absolute atomic E-state index is 0.0674. The molecule has 3 rings (SSSR count). The second kappa shape index (κ2) is 4.23. The Kier molecular flexibility index (Phi) is 2.78. The largest absolute Gasteiger partial charge is 0.395 e. The maximum absolute atomic E-state index is 12.5. The molecule has 2 aliphatic rings. The van der Waals surface area contributed by atoms with Crippen molar-refractivity contribution in [2.24, 2.45) is 18.9 Å². The van der Waals surface area contributed by atoms with Crippen molar-refractivity contribution in [1.82, 2.24) is 14.7 Å². The first-order chi connectivity index (χ1) is 8.99. The molecule has 0 bridgehead atoms. The zero-order valence-electron chi connectivity index (χ0n) is 11.3. The number of aromatic nitrogens is 2. The Labute approximate surface area is 112 Å². The number of nitrogen functional groups attached to an aromatic ring is 1. The van der Waals surface area contributed by atoms with Crippen molar-refractivity contribution in [3.63, 3.8) is 0 Å². The third-order valence-electron chi connectivity index (χ3n) is 4.58. The molecule has 3 N–H and O–H groups in total. The number of hydrogen-bond acceptors (Lipinski definition) is 4. The molecule has 1 amide bonds. The highest BCUT2D eigenvalue weighted by Crippen LogP contribution is 2.38. The average molecular weight is 264 g/mol. The van der Waals surface area contributed by atoms with Crippen LogP contribution in [0.25, 0.3) is 0 Å². The Balaban J connectivity index is 1.82. The standard InChI is InChI=1S/C13H20N4O2/c1-7-11(14)12(16(2)15-7)13(19)17-5-8-3-4-10(18)9(8)6-17/h8-10,18H,3-6,14H2,1-2H3. The minimum atomic E-state index is -0.256. The first kappa shape index (κ1) is 12.5. The summed E-state index contributed by atoms with van der Waals surface area (Å²) in [6.45, 7) is 3.16. The second-order valence-electron chi connectivity index (χ2n) is 5.75. The van der Waals surface area contributed by atoms with Crippen molar-refractivity contribution >= 4 is 11.6 Å². The van der Waals surface area contributed by atoms with Gasteiger partial charge in [-0.15, -0.1) is 0 Å². The first-order valence-electron chi connectivity index (χ1n) is 6.75. The average Bonchev–Trinajstić information content (AvgIpc) is 2.97. The molecule has 0 aromatic carbocycles. The van der Waals surface area contributed by atoms with Crippen LogP contribution in [0, 0.1) is 18.8 Å². The summed E-state index contributed by atoms with van der Waals surface area (Å²) in [6, 6.07) is 0. The smallest absolute Gasteiger partial charge is 0.274 e. The fourth-order valence-electron chi connectivity index (χ4n) is 3.48. The second-order valence-corrected chi connectivity index (χ2v) is 5.75. The molecule has 1 aliphatic heterocycles. The lowest BCUT2D eigenvalue weighted by Gasteiger charge is -2.18.